The van der Waals surface area contributed by atoms with E-state index in [-0.39, 0.29) is 17.7 Å². The molecule has 0 saturated carbocycles. The average Bonchev–Trinajstić information content (AvgIpc) is 2.44. The van der Waals surface area contributed by atoms with Crippen molar-refractivity contribution in [1.29, 1.82) is 0 Å². The van der Waals surface area contributed by atoms with Gasteiger partial charge in [0.15, 0.2) is 0 Å². The van der Waals surface area contributed by atoms with Crippen LogP contribution in [0.2, 0.25) is 0 Å². The second kappa shape index (κ2) is 8.31. The van der Waals surface area contributed by atoms with Gasteiger partial charge in [-0.15, -0.1) is 0 Å². The lowest BCUT2D eigenvalue weighted by Gasteiger charge is -2.21. The Hall–Kier alpha value is -1.41. The first-order chi connectivity index (χ1) is 11.3. The van der Waals surface area contributed by atoms with E-state index >= 15 is 0 Å². The highest BCUT2D eigenvalue weighted by molar-refractivity contribution is 14.1. The monoisotopic (exact) mass is 495 g/mol. The summed E-state index contributed by atoms with van der Waals surface area (Å²) in [6.07, 6.45) is -5.14. The third kappa shape index (κ3) is 7.15. The molecular formula is C13H13F3INO6S. The molecule has 0 spiro atoms. The van der Waals surface area contributed by atoms with E-state index in [1.165, 1.54) is 24.4 Å². The third-order valence-corrected chi connectivity index (χ3v) is 4.20. The van der Waals surface area contributed by atoms with Crippen LogP contribution in [0.4, 0.5) is 13.2 Å². The van der Waals surface area contributed by atoms with Gasteiger partial charge in [0.05, 0.1) is 5.56 Å². The summed E-state index contributed by atoms with van der Waals surface area (Å²) >= 11 is 1.85. The zero-order valence-corrected chi connectivity index (χ0v) is 15.6. The Balaban J connectivity index is 3.14. The van der Waals surface area contributed by atoms with E-state index in [1.807, 2.05) is 22.6 Å². The molecule has 0 aliphatic heterocycles. The van der Waals surface area contributed by atoms with Crippen LogP contribution in [0.25, 0.3) is 0 Å². The maximum Gasteiger partial charge on any atom is 0.409 e. The van der Waals surface area contributed by atoms with Crippen LogP contribution in [0.5, 0.6) is 5.75 Å². The Morgan fingerprint density at radius 2 is 1.96 bits per heavy atom. The number of hydrogen-bond donors (Lipinski definition) is 2. The van der Waals surface area contributed by atoms with E-state index in [4.69, 9.17) is 9.29 Å². The number of esters is 1. The number of rotatable bonds is 6. The summed E-state index contributed by atoms with van der Waals surface area (Å²) < 4.78 is 74.2. The molecule has 1 atom stereocenters. The van der Waals surface area contributed by atoms with Crippen LogP contribution in [0.15, 0.2) is 18.2 Å². The Morgan fingerprint density at radius 3 is 2.44 bits per heavy atom. The van der Waals surface area contributed by atoms with Crippen LogP contribution >= 0.6 is 22.6 Å². The quantitative estimate of drug-likeness (QED) is 0.271. The largest absolute Gasteiger partial charge is 0.426 e. The molecule has 1 aromatic rings. The number of amides is 1. The summed E-state index contributed by atoms with van der Waals surface area (Å²) in [6.45, 7) is 1.49. The zero-order chi connectivity index (χ0) is 19.4. The minimum absolute atomic E-state index is 0.0273. The van der Waals surface area contributed by atoms with Gasteiger partial charge < -0.3 is 10.1 Å². The summed E-state index contributed by atoms with van der Waals surface area (Å²) in [6, 6.07) is 0.971. The maximum atomic E-state index is 12.9. The molecule has 140 valence electrons. The van der Waals surface area contributed by atoms with Crippen molar-refractivity contribution in [2.45, 2.75) is 25.6 Å². The average molecular weight is 495 g/mol. The molecule has 1 unspecified atom stereocenters. The van der Waals surface area contributed by atoms with Crippen LogP contribution in [-0.2, 0) is 14.9 Å². The number of halogens is 4. The lowest BCUT2D eigenvalue weighted by molar-refractivity contribution is -0.148. The van der Waals surface area contributed by atoms with Gasteiger partial charge in [-0.05, 0) is 40.8 Å². The summed E-state index contributed by atoms with van der Waals surface area (Å²) in [5, 5.41) is 1.48. The molecule has 0 saturated heterocycles. The van der Waals surface area contributed by atoms with Gasteiger partial charge in [0, 0.05) is 9.99 Å². The first-order valence-corrected chi connectivity index (χ1v) is 9.35. The molecular weight excluding hydrogens is 482 g/mol. The molecule has 0 aliphatic carbocycles. The smallest absolute Gasteiger partial charge is 0.409 e. The van der Waals surface area contributed by atoms with Crippen LogP contribution in [-0.4, -0.2) is 42.8 Å². The molecule has 12 heteroatoms. The molecule has 25 heavy (non-hydrogen) atoms. The van der Waals surface area contributed by atoms with Crippen molar-refractivity contribution in [3.63, 3.8) is 0 Å². The molecule has 1 rings (SSSR count). The molecule has 0 heterocycles. The molecule has 0 aromatic heterocycles. The van der Waals surface area contributed by atoms with Crippen LogP contribution in [0, 0.1) is 3.57 Å². The third-order valence-electron chi connectivity index (χ3n) is 2.78. The Morgan fingerprint density at radius 1 is 1.36 bits per heavy atom. The fraction of sp³-hybridized carbons (Fsp3) is 0.385. The van der Waals surface area contributed by atoms with Crippen molar-refractivity contribution in [2.75, 3.05) is 5.75 Å². The van der Waals surface area contributed by atoms with Crippen molar-refractivity contribution in [2.24, 2.45) is 0 Å². The SMILES string of the molecule is CCC(=O)Oc1cc(I)ccc1C(=O)NC(CS(=O)(=O)O)C(F)(F)F. The van der Waals surface area contributed by atoms with Gasteiger partial charge in [0.25, 0.3) is 16.0 Å². The molecule has 0 aliphatic rings. The number of nitrogens with one attached hydrogen (secondary N) is 1. The van der Waals surface area contributed by atoms with Gasteiger partial charge in [-0.3, -0.25) is 14.1 Å². The van der Waals surface area contributed by atoms with Gasteiger partial charge >= 0.3 is 12.1 Å². The van der Waals surface area contributed by atoms with Gasteiger partial charge in [-0.2, -0.15) is 21.6 Å². The highest BCUT2D eigenvalue weighted by atomic mass is 127. The van der Waals surface area contributed by atoms with Crippen molar-refractivity contribution >= 4 is 44.6 Å². The van der Waals surface area contributed by atoms with Gasteiger partial charge in [-0.1, -0.05) is 6.92 Å². The zero-order valence-electron chi connectivity index (χ0n) is 12.6. The minimum atomic E-state index is -5.12. The van der Waals surface area contributed by atoms with Crippen LogP contribution in [0.1, 0.15) is 23.7 Å². The minimum Gasteiger partial charge on any atom is -0.426 e. The molecule has 0 fully saturated rings. The van der Waals surface area contributed by atoms with Gasteiger partial charge in [0.2, 0.25) is 0 Å². The van der Waals surface area contributed by atoms with Gasteiger partial charge in [0.1, 0.15) is 17.5 Å². The second-order valence-electron chi connectivity index (χ2n) is 4.78. The van der Waals surface area contributed by atoms with Crippen molar-refractivity contribution in [3.05, 3.63) is 27.3 Å². The summed E-state index contributed by atoms with van der Waals surface area (Å²) in [4.78, 5) is 23.5. The number of hydrogen-bond acceptors (Lipinski definition) is 5. The fourth-order valence-corrected chi connectivity index (χ4v) is 2.78. The molecule has 7 nitrogen and oxygen atoms in total. The van der Waals surface area contributed by atoms with E-state index in [2.05, 4.69) is 0 Å². The number of carbonyl (C=O) groups excluding carboxylic acids is 2. The molecule has 1 aromatic carbocycles. The fourth-order valence-electron chi connectivity index (χ4n) is 1.63. The predicted octanol–water partition coefficient (Wildman–Crippen LogP) is 2.16. The summed E-state index contributed by atoms with van der Waals surface area (Å²) in [5.41, 5.74) is -0.383. The standard InChI is InChI=1S/C13H13F3INO6S/c1-2-11(19)24-9-5-7(17)3-4-8(9)12(20)18-10(13(14,15)16)6-25(21,22)23/h3-5,10H,2,6H2,1H3,(H,18,20)(H,21,22,23). The van der Waals surface area contributed by atoms with Crippen molar-refractivity contribution in [3.8, 4) is 5.75 Å². The Labute approximate surface area is 154 Å². The van der Waals surface area contributed by atoms with Crippen molar-refractivity contribution < 1.29 is 40.5 Å². The molecule has 0 bridgehead atoms. The first-order valence-electron chi connectivity index (χ1n) is 6.66. The molecule has 2 N–H and O–H groups in total. The van der Waals surface area contributed by atoms with E-state index in [9.17, 15) is 31.2 Å². The number of benzene rings is 1. The van der Waals surface area contributed by atoms with E-state index in [0.717, 1.165) is 6.07 Å². The number of carbonyl (C=O) groups is 2. The van der Waals surface area contributed by atoms with E-state index < -0.39 is 40.0 Å². The molecule has 1 amide bonds. The normalized spacial score (nSPS) is 13.2. The topological polar surface area (TPSA) is 110 Å². The summed E-state index contributed by atoms with van der Waals surface area (Å²) in [7, 11) is -5.00. The summed E-state index contributed by atoms with van der Waals surface area (Å²) in [5.74, 6) is -4.01. The first kappa shape index (κ1) is 21.6. The maximum absolute atomic E-state index is 12.9. The lowest BCUT2D eigenvalue weighted by Crippen LogP contribution is -2.49. The number of alkyl halides is 3. The number of ether oxygens (including phenoxy) is 1. The van der Waals surface area contributed by atoms with Crippen LogP contribution in [0.3, 0.4) is 0 Å². The Bertz CT molecular complexity index is 766. The highest BCUT2D eigenvalue weighted by Crippen LogP contribution is 2.25. The predicted molar refractivity (Wildman–Crippen MR) is 88.8 cm³/mol. The lowest BCUT2D eigenvalue weighted by atomic mass is 10.1. The van der Waals surface area contributed by atoms with E-state index in [1.54, 1.807) is 0 Å². The molecule has 0 radical (unpaired) electrons. The van der Waals surface area contributed by atoms with Gasteiger partial charge in [-0.25, -0.2) is 0 Å². The van der Waals surface area contributed by atoms with Crippen LogP contribution < -0.4 is 10.1 Å². The van der Waals surface area contributed by atoms with E-state index in [0.29, 0.717) is 3.57 Å². The highest BCUT2D eigenvalue weighted by Gasteiger charge is 2.43. The second-order valence-corrected chi connectivity index (χ2v) is 7.53. The Kier molecular flexibility index (Phi) is 7.19. The van der Waals surface area contributed by atoms with Crippen molar-refractivity contribution in [1.82, 2.24) is 5.32 Å².